The minimum absolute atomic E-state index is 0.205. The number of ether oxygens (including phenoxy) is 1. The fraction of sp³-hybridized carbons (Fsp3) is 0.148. The highest BCUT2D eigenvalue weighted by Gasteiger charge is 2.21. The van der Waals surface area contributed by atoms with Gasteiger partial charge in [0, 0.05) is 21.7 Å². The van der Waals surface area contributed by atoms with Crippen LogP contribution in [0.2, 0.25) is 5.02 Å². The molecule has 184 valence electrons. The molecule has 0 radical (unpaired) electrons. The molecule has 2 N–H and O–H groups in total. The number of carbonyl (C=O) groups excluding carboxylic acids is 1. The Balaban J connectivity index is 1.53. The molecule has 4 rings (SSSR count). The van der Waals surface area contributed by atoms with Gasteiger partial charge in [0.05, 0.1) is 6.42 Å². The molecule has 0 saturated carbocycles. The van der Waals surface area contributed by atoms with E-state index in [-0.39, 0.29) is 12.0 Å². The molecule has 0 saturated heterocycles. The predicted molar refractivity (Wildman–Crippen MR) is 133 cm³/mol. The second kappa shape index (κ2) is 10.6. The van der Waals surface area contributed by atoms with Crippen molar-refractivity contribution in [2.24, 2.45) is 0 Å². The maximum atomic E-state index is 14.4. The third-order valence-corrected chi connectivity index (χ3v) is 5.92. The average Bonchev–Trinajstić information content (AvgIpc) is 3.20. The summed E-state index contributed by atoms with van der Waals surface area (Å²) in [5.41, 5.74) is 3.35. The van der Waals surface area contributed by atoms with Crippen molar-refractivity contribution in [3.05, 3.63) is 94.5 Å². The first-order chi connectivity index (χ1) is 17.2. The Morgan fingerprint density at radius 2 is 1.81 bits per heavy atom. The molecule has 0 aliphatic carbocycles. The van der Waals surface area contributed by atoms with E-state index in [1.807, 2.05) is 0 Å². The van der Waals surface area contributed by atoms with Crippen molar-refractivity contribution in [2.75, 3.05) is 5.32 Å². The number of benzene rings is 3. The summed E-state index contributed by atoms with van der Waals surface area (Å²) < 4.78 is 25.2. The molecule has 1 atom stereocenters. The summed E-state index contributed by atoms with van der Waals surface area (Å²) in [5, 5.41) is 16.2. The van der Waals surface area contributed by atoms with Crippen molar-refractivity contribution in [3.8, 4) is 22.4 Å². The summed E-state index contributed by atoms with van der Waals surface area (Å²) in [7, 11) is 0. The number of nitrogens with one attached hydrogen (secondary N) is 1. The maximum Gasteiger partial charge on any atom is 0.412 e. The van der Waals surface area contributed by atoms with Gasteiger partial charge < -0.3 is 14.4 Å². The lowest BCUT2D eigenvalue weighted by atomic mass is 9.99. The zero-order valence-corrected chi connectivity index (χ0v) is 20.2. The Hall–Kier alpha value is -4.17. The number of carbonyl (C=O) groups is 2. The lowest BCUT2D eigenvalue weighted by Gasteiger charge is -2.15. The van der Waals surface area contributed by atoms with Crippen molar-refractivity contribution in [1.29, 1.82) is 0 Å². The highest BCUT2D eigenvalue weighted by molar-refractivity contribution is 6.31. The SMILES string of the molecule is Cc1onc(-c2ccc(-c3cc(CC(=O)O)ccc3F)cc2)c1NC(=O)OC(C)c1ccccc1Cl. The van der Waals surface area contributed by atoms with Crippen LogP contribution in [0.15, 0.2) is 71.3 Å². The number of anilines is 1. The van der Waals surface area contributed by atoms with Crippen LogP contribution < -0.4 is 5.32 Å². The summed E-state index contributed by atoms with van der Waals surface area (Å²) in [6, 6.07) is 18.1. The van der Waals surface area contributed by atoms with Gasteiger partial charge >= 0.3 is 12.1 Å². The number of aryl methyl sites for hydroxylation is 1. The molecular formula is C27H22ClFN2O5. The fourth-order valence-electron chi connectivity index (χ4n) is 3.76. The van der Waals surface area contributed by atoms with Crippen LogP contribution in [0, 0.1) is 12.7 Å². The van der Waals surface area contributed by atoms with E-state index in [4.69, 9.17) is 26.0 Å². The first-order valence-electron chi connectivity index (χ1n) is 11.0. The van der Waals surface area contributed by atoms with Crippen molar-refractivity contribution >= 4 is 29.4 Å². The average molecular weight is 509 g/mol. The van der Waals surface area contributed by atoms with E-state index in [9.17, 15) is 14.0 Å². The number of nitrogens with zero attached hydrogens (tertiary/aromatic N) is 1. The van der Waals surface area contributed by atoms with Gasteiger partial charge in [-0.1, -0.05) is 65.3 Å². The Morgan fingerprint density at radius 3 is 2.50 bits per heavy atom. The highest BCUT2D eigenvalue weighted by Crippen LogP contribution is 2.33. The lowest BCUT2D eigenvalue weighted by molar-refractivity contribution is -0.136. The molecule has 0 aliphatic heterocycles. The van der Waals surface area contributed by atoms with Crippen LogP contribution in [0.5, 0.6) is 0 Å². The van der Waals surface area contributed by atoms with Crippen molar-refractivity contribution in [1.82, 2.24) is 5.16 Å². The largest absolute Gasteiger partial charge is 0.481 e. The Kier molecular flexibility index (Phi) is 7.36. The number of carboxylic acid groups (broad SMARTS) is 1. The maximum absolute atomic E-state index is 14.4. The summed E-state index contributed by atoms with van der Waals surface area (Å²) in [4.78, 5) is 23.6. The third-order valence-electron chi connectivity index (χ3n) is 5.57. The summed E-state index contributed by atoms with van der Waals surface area (Å²) in [6.07, 6.45) is -1.50. The quantitative estimate of drug-likeness (QED) is 0.277. The minimum Gasteiger partial charge on any atom is -0.481 e. The molecular weight excluding hydrogens is 487 g/mol. The molecule has 1 unspecified atom stereocenters. The number of aromatic nitrogens is 1. The monoisotopic (exact) mass is 508 g/mol. The molecule has 1 aromatic heterocycles. The lowest BCUT2D eigenvalue weighted by Crippen LogP contribution is -2.17. The number of carboxylic acids is 1. The molecule has 0 fully saturated rings. The molecule has 1 amide bonds. The number of aliphatic carboxylic acids is 1. The second-order valence-corrected chi connectivity index (χ2v) is 8.53. The van der Waals surface area contributed by atoms with Gasteiger partial charge in [0.15, 0.2) is 5.76 Å². The van der Waals surface area contributed by atoms with Gasteiger partial charge in [0.1, 0.15) is 23.3 Å². The summed E-state index contributed by atoms with van der Waals surface area (Å²) in [6.45, 7) is 3.37. The standard InChI is InChI=1S/C27H22ClFN2O5/c1-15(20-5-3-4-6-22(20)28)35-27(34)30-25-16(2)36-31-26(25)19-10-8-18(9-11-19)21-13-17(14-24(32)33)7-12-23(21)29/h3-13,15H,14H2,1-2H3,(H,30,34)(H,32,33). The Bertz CT molecular complexity index is 1420. The zero-order chi connectivity index (χ0) is 25.8. The smallest absolute Gasteiger partial charge is 0.412 e. The minimum atomic E-state index is -0.996. The molecule has 9 heteroatoms. The van der Waals surface area contributed by atoms with Crippen LogP contribution in [0.1, 0.15) is 29.9 Å². The second-order valence-electron chi connectivity index (χ2n) is 8.12. The normalized spacial score (nSPS) is 11.7. The van der Waals surface area contributed by atoms with Gasteiger partial charge in [0.2, 0.25) is 0 Å². The fourth-order valence-corrected chi connectivity index (χ4v) is 4.05. The number of amides is 1. The topological polar surface area (TPSA) is 102 Å². The van der Waals surface area contributed by atoms with E-state index >= 15 is 0 Å². The van der Waals surface area contributed by atoms with E-state index in [0.717, 1.165) is 0 Å². The zero-order valence-electron chi connectivity index (χ0n) is 19.4. The molecule has 1 heterocycles. The van der Waals surface area contributed by atoms with E-state index in [1.165, 1.54) is 18.2 Å². The van der Waals surface area contributed by atoms with Crippen LogP contribution in [-0.4, -0.2) is 22.3 Å². The summed E-state index contributed by atoms with van der Waals surface area (Å²) >= 11 is 6.19. The number of halogens is 2. The number of hydrogen-bond acceptors (Lipinski definition) is 5. The van der Waals surface area contributed by atoms with Gasteiger partial charge in [-0.25, -0.2) is 9.18 Å². The summed E-state index contributed by atoms with van der Waals surface area (Å²) in [5.74, 6) is -1.08. The van der Waals surface area contributed by atoms with Gasteiger partial charge in [-0.15, -0.1) is 0 Å². The molecule has 0 aliphatic rings. The van der Waals surface area contributed by atoms with Crippen LogP contribution in [0.3, 0.4) is 0 Å². The van der Waals surface area contributed by atoms with E-state index in [1.54, 1.807) is 62.4 Å². The van der Waals surface area contributed by atoms with E-state index in [2.05, 4.69) is 10.5 Å². The number of hydrogen-bond donors (Lipinski definition) is 2. The predicted octanol–water partition coefficient (Wildman–Crippen LogP) is 7.05. The van der Waals surface area contributed by atoms with Gasteiger partial charge in [-0.05, 0) is 43.2 Å². The van der Waals surface area contributed by atoms with Gasteiger partial charge in [0.25, 0.3) is 0 Å². The first-order valence-corrected chi connectivity index (χ1v) is 11.4. The van der Waals surface area contributed by atoms with Crippen LogP contribution in [0.25, 0.3) is 22.4 Å². The van der Waals surface area contributed by atoms with Crippen LogP contribution in [-0.2, 0) is 16.0 Å². The Morgan fingerprint density at radius 1 is 1.11 bits per heavy atom. The number of rotatable bonds is 7. The van der Waals surface area contributed by atoms with E-state index < -0.39 is 24.0 Å². The molecule has 36 heavy (non-hydrogen) atoms. The third kappa shape index (κ3) is 5.55. The van der Waals surface area contributed by atoms with Crippen molar-refractivity contribution in [2.45, 2.75) is 26.4 Å². The first kappa shape index (κ1) is 24.9. The Labute approximate surface area is 211 Å². The highest BCUT2D eigenvalue weighted by atomic mass is 35.5. The molecule has 4 aromatic rings. The van der Waals surface area contributed by atoms with E-state index in [0.29, 0.717) is 44.4 Å². The molecule has 7 nitrogen and oxygen atoms in total. The van der Waals surface area contributed by atoms with Crippen LogP contribution >= 0.6 is 11.6 Å². The van der Waals surface area contributed by atoms with Crippen molar-refractivity contribution < 1.29 is 28.3 Å². The van der Waals surface area contributed by atoms with Crippen molar-refractivity contribution in [3.63, 3.8) is 0 Å². The molecule has 3 aromatic carbocycles. The van der Waals surface area contributed by atoms with Gasteiger partial charge in [-0.3, -0.25) is 10.1 Å². The molecule has 0 spiro atoms. The van der Waals surface area contributed by atoms with Crippen LogP contribution in [0.4, 0.5) is 14.9 Å². The molecule has 0 bridgehead atoms. The van der Waals surface area contributed by atoms with Gasteiger partial charge in [-0.2, -0.15) is 0 Å².